The van der Waals surface area contributed by atoms with Crippen LogP contribution in [0.25, 0.3) is 0 Å². The first-order valence-corrected chi connectivity index (χ1v) is 2.19. The third-order valence-electron chi connectivity index (χ3n) is 0.820. The molecule has 2 nitrogen and oxygen atoms in total. The van der Waals surface area contributed by atoms with Crippen LogP contribution in [0.2, 0.25) is 0 Å². The van der Waals surface area contributed by atoms with Crippen LogP contribution in [0.5, 0.6) is 0 Å². The second-order valence-electron chi connectivity index (χ2n) is 1.34. The van der Waals surface area contributed by atoms with E-state index in [4.69, 9.17) is 5.73 Å². The van der Waals surface area contributed by atoms with Crippen molar-refractivity contribution >= 4 is 0 Å². The molecular formula is C5H5FNO. The number of hydrogen-bond acceptors (Lipinski definition) is 2. The Morgan fingerprint density at radius 1 is 1.88 bits per heavy atom. The normalized spacial score (nSPS) is 9.75. The quantitative estimate of drug-likeness (QED) is 0.583. The molecule has 0 aliphatic heterocycles. The van der Waals surface area contributed by atoms with Crippen LogP contribution < -0.4 is 5.73 Å². The van der Waals surface area contributed by atoms with Crippen molar-refractivity contribution in [2.75, 3.05) is 0 Å². The predicted molar refractivity (Wildman–Crippen MR) is 25.4 cm³/mol. The molecule has 1 aromatic heterocycles. The monoisotopic (exact) mass is 114 g/mol. The van der Waals surface area contributed by atoms with Gasteiger partial charge in [0, 0.05) is 6.07 Å². The molecule has 0 aliphatic rings. The van der Waals surface area contributed by atoms with E-state index in [1.165, 1.54) is 0 Å². The van der Waals surface area contributed by atoms with Gasteiger partial charge in [-0.1, -0.05) is 0 Å². The van der Waals surface area contributed by atoms with Gasteiger partial charge in [0.05, 0.1) is 6.54 Å². The highest BCUT2D eigenvalue weighted by molar-refractivity contribution is 5.00. The highest BCUT2D eigenvalue weighted by Gasteiger charge is 2.00. The van der Waals surface area contributed by atoms with Gasteiger partial charge in [-0.05, 0) is 0 Å². The topological polar surface area (TPSA) is 39.2 Å². The van der Waals surface area contributed by atoms with Gasteiger partial charge in [0.2, 0.25) is 0 Å². The molecule has 0 unspecified atom stereocenters. The van der Waals surface area contributed by atoms with Crippen molar-refractivity contribution in [3.8, 4) is 0 Å². The second-order valence-corrected chi connectivity index (χ2v) is 1.34. The minimum absolute atomic E-state index is 0.0926. The Labute approximate surface area is 46.1 Å². The van der Waals surface area contributed by atoms with Crippen LogP contribution in [0.3, 0.4) is 0 Å². The number of halogens is 1. The van der Waals surface area contributed by atoms with E-state index in [2.05, 4.69) is 10.7 Å². The van der Waals surface area contributed by atoms with Crippen LogP contribution in [-0.4, -0.2) is 0 Å². The molecule has 43 valence electrons. The van der Waals surface area contributed by atoms with Crippen LogP contribution in [0.4, 0.5) is 4.39 Å². The van der Waals surface area contributed by atoms with Crippen LogP contribution >= 0.6 is 0 Å². The summed E-state index contributed by atoms with van der Waals surface area (Å²) in [7, 11) is 0. The first-order chi connectivity index (χ1) is 3.84. The summed E-state index contributed by atoms with van der Waals surface area (Å²) in [5.41, 5.74) is 5.04. The van der Waals surface area contributed by atoms with Gasteiger partial charge in [0.15, 0.2) is 17.8 Å². The van der Waals surface area contributed by atoms with E-state index >= 15 is 0 Å². The maximum Gasteiger partial charge on any atom is 0.172 e. The molecule has 8 heavy (non-hydrogen) atoms. The number of furan rings is 1. The largest absolute Gasteiger partial charge is 0.453 e. The lowest BCUT2D eigenvalue weighted by Gasteiger charge is -1.83. The lowest BCUT2D eigenvalue weighted by molar-refractivity contribution is 0.471. The lowest BCUT2D eigenvalue weighted by Crippen LogP contribution is -1.95. The van der Waals surface area contributed by atoms with Crippen molar-refractivity contribution in [2.24, 2.45) is 5.73 Å². The minimum atomic E-state index is -0.424. The maximum absolute atomic E-state index is 12.1. The summed E-state index contributed by atoms with van der Waals surface area (Å²) in [5.74, 6) is -0.266. The molecule has 0 bridgehead atoms. The van der Waals surface area contributed by atoms with Crippen molar-refractivity contribution in [1.82, 2.24) is 0 Å². The average Bonchev–Trinajstić information content (AvgIpc) is 2.14. The van der Waals surface area contributed by atoms with Gasteiger partial charge in [0.1, 0.15) is 0 Å². The van der Waals surface area contributed by atoms with Gasteiger partial charge in [-0.2, -0.15) is 0 Å². The SMILES string of the molecule is NCc1o[c]cc1F. The summed E-state index contributed by atoms with van der Waals surface area (Å²) in [6.45, 7) is 0.0926. The van der Waals surface area contributed by atoms with Gasteiger partial charge in [0.25, 0.3) is 0 Å². The van der Waals surface area contributed by atoms with E-state index in [-0.39, 0.29) is 12.3 Å². The fourth-order valence-corrected chi connectivity index (χ4v) is 0.421. The summed E-state index contributed by atoms with van der Waals surface area (Å²) in [4.78, 5) is 0. The molecule has 1 aromatic rings. The average molecular weight is 114 g/mol. The highest BCUT2D eigenvalue weighted by atomic mass is 19.1. The zero-order valence-electron chi connectivity index (χ0n) is 4.15. The summed E-state index contributed by atoms with van der Waals surface area (Å²) in [5, 5.41) is 0. The Morgan fingerprint density at radius 2 is 2.62 bits per heavy atom. The molecule has 0 spiro atoms. The first kappa shape index (κ1) is 5.31. The molecule has 0 saturated heterocycles. The van der Waals surface area contributed by atoms with E-state index < -0.39 is 5.82 Å². The molecule has 0 aromatic carbocycles. The second kappa shape index (κ2) is 1.96. The molecule has 2 N–H and O–H groups in total. The standard InChI is InChI=1S/C5H5FNO/c6-4-1-2-8-5(4)3-7/h1H,3,7H2. The molecule has 0 fully saturated rings. The Balaban J connectivity index is 2.92. The van der Waals surface area contributed by atoms with Crippen molar-refractivity contribution in [3.05, 3.63) is 23.9 Å². The Bertz CT molecular complexity index is 173. The van der Waals surface area contributed by atoms with E-state index in [0.29, 0.717) is 0 Å². The number of nitrogens with two attached hydrogens (primary N) is 1. The van der Waals surface area contributed by atoms with Crippen molar-refractivity contribution in [1.29, 1.82) is 0 Å². The summed E-state index contributed by atoms with van der Waals surface area (Å²) < 4.78 is 16.6. The van der Waals surface area contributed by atoms with E-state index in [1.807, 2.05) is 0 Å². The van der Waals surface area contributed by atoms with Crippen molar-refractivity contribution in [2.45, 2.75) is 6.54 Å². The third-order valence-corrected chi connectivity index (χ3v) is 0.820. The molecule has 0 saturated carbocycles. The number of rotatable bonds is 1. The lowest BCUT2D eigenvalue weighted by atomic mass is 10.4. The van der Waals surface area contributed by atoms with Gasteiger partial charge >= 0.3 is 0 Å². The van der Waals surface area contributed by atoms with Crippen molar-refractivity contribution in [3.63, 3.8) is 0 Å². The first-order valence-electron chi connectivity index (χ1n) is 2.19. The fraction of sp³-hybridized carbons (Fsp3) is 0.200. The van der Waals surface area contributed by atoms with Crippen LogP contribution in [-0.2, 0) is 6.54 Å². The van der Waals surface area contributed by atoms with Gasteiger partial charge < -0.3 is 10.2 Å². The Morgan fingerprint density at radius 3 is 2.88 bits per heavy atom. The molecule has 1 radical (unpaired) electrons. The Kier molecular flexibility index (Phi) is 1.30. The predicted octanol–water partition coefficient (Wildman–Crippen LogP) is 0.678. The summed E-state index contributed by atoms with van der Waals surface area (Å²) in [6.07, 6.45) is 2.22. The van der Waals surface area contributed by atoms with E-state index in [9.17, 15) is 4.39 Å². The molecule has 1 rings (SSSR count). The zero-order valence-corrected chi connectivity index (χ0v) is 4.15. The van der Waals surface area contributed by atoms with Crippen LogP contribution in [0.15, 0.2) is 10.5 Å². The molecule has 3 heteroatoms. The van der Waals surface area contributed by atoms with Gasteiger partial charge in [-0.3, -0.25) is 0 Å². The van der Waals surface area contributed by atoms with Crippen LogP contribution in [0, 0.1) is 12.1 Å². The molecule has 0 amide bonds. The minimum Gasteiger partial charge on any atom is -0.453 e. The molecule has 0 atom stereocenters. The summed E-state index contributed by atoms with van der Waals surface area (Å²) >= 11 is 0. The Hall–Kier alpha value is -0.830. The fourth-order valence-electron chi connectivity index (χ4n) is 0.421. The number of hydrogen-bond donors (Lipinski definition) is 1. The third kappa shape index (κ3) is 0.721. The van der Waals surface area contributed by atoms with Gasteiger partial charge in [-0.25, -0.2) is 4.39 Å². The maximum atomic E-state index is 12.1. The zero-order chi connectivity index (χ0) is 5.98. The summed E-state index contributed by atoms with van der Waals surface area (Å²) in [6, 6.07) is 1.11. The molecular weight excluding hydrogens is 109 g/mol. The van der Waals surface area contributed by atoms with E-state index in [0.717, 1.165) is 6.07 Å². The highest BCUT2D eigenvalue weighted by Crippen LogP contribution is 2.04. The smallest absolute Gasteiger partial charge is 0.172 e. The van der Waals surface area contributed by atoms with Crippen molar-refractivity contribution < 1.29 is 8.81 Å². The van der Waals surface area contributed by atoms with Gasteiger partial charge in [-0.15, -0.1) is 0 Å². The van der Waals surface area contributed by atoms with Crippen LogP contribution in [0.1, 0.15) is 5.76 Å². The molecule has 0 aliphatic carbocycles. The molecule has 1 heterocycles. The van der Waals surface area contributed by atoms with E-state index in [1.54, 1.807) is 0 Å².